The van der Waals surface area contributed by atoms with Crippen LogP contribution in [0, 0.1) is 26.6 Å². The smallest absolute Gasteiger partial charge is 0.226 e. The van der Waals surface area contributed by atoms with E-state index in [4.69, 9.17) is 4.98 Å². The molecule has 4 rings (SSSR count). The average molecular weight is 416 g/mol. The molecule has 0 unspecified atom stereocenters. The van der Waals surface area contributed by atoms with Crippen LogP contribution in [0.5, 0.6) is 0 Å². The van der Waals surface area contributed by atoms with E-state index in [1.807, 2.05) is 29.7 Å². The maximum atomic E-state index is 13.1. The largest absolute Gasteiger partial charge is 0.355 e. The number of rotatable bonds is 6. The maximum Gasteiger partial charge on any atom is 0.226 e. The highest BCUT2D eigenvalue weighted by Crippen LogP contribution is 2.28. The van der Waals surface area contributed by atoms with Gasteiger partial charge in [-0.3, -0.25) is 4.79 Å². The first kappa shape index (κ1) is 20.8. The monoisotopic (exact) mass is 415 g/mol. The normalized spacial score (nSPS) is 11.1. The number of aryl methyl sites for hydroxylation is 3. The summed E-state index contributed by atoms with van der Waals surface area (Å²) in [5.74, 6) is -0.315. The van der Waals surface area contributed by atoms with Crippen molar-refractivity contribution in [3.05, 3.63) is 94.6 Å². The minimum Gasteiger partial charge on any atom is -0.355 e. The van der Waals surface area contributed by atoms with Crippen LogP contribution in [-0.4, -0.2) is 21.8 Å². The van der Waals surface area contributed by atoms with Crippen molar-refractivity contribution in [3.8, 4) is 11.3 Å². The first-order valence-corrected chi connectivity index (χ1v) is 10.5. The third-order valence-corrected chi connectivity index (χ3v) is 5.70. The second-order valence-corrected chi connectivity index (χ2v) is 7.99. The number of nitrogens with one attached hydrogen (secondary N) is 1. The second-order valence-electron chi connectivity index (χ2n) is 7.99. The summed E-state index contributed by atoms with van der Waals surface area (Å²) in [5.41, 5.74) is 8.07. The number of hydrogen-bond donors (Lipinski definition) is 1. The van der Waals surface area contributed by atoms with E-state index < -0.39 is 0 Å². The summed E-state index contributed by atoms with van der Waals surface area (Å²) in [5, 5.41) is 2.99. The summed E-state index contributed by atoms with van der Waals surface area (Å²) in [7, 11) is 0. The minimum atomic E-state index is -0.255. The van der Waals surface area contributed by atoms with Crippen molar-refractivity contribution in [2.45, 2.75) is 33.6 Å². The van der Waals surface area contributed by atoms with Gasteiger partial charge in [0, 0.05) is 18.3 Å². The number of aromatic nitrogens is 2. The molecule has 0 aliphatic carbocycles. The third kappa shape index (κ3) is 4.50. The molecule has 0 bridgehead atoms. The van der Waals surface area contributed by atoms with Gasteiger partial charge in [0.2, 0.25) is 5.91 Å². The Labute approximate surface area is 181 Å². The Hall–Kier alpha value is -3.47. The predicted molar refractivity (Wildman–Crippen MR) is 122 cm³/mol. The number of amides is 1. The van der Waals surface area contributed by atoms with Gasteiger partial charge in [-0.2, -0.15) is 0 Å². The zero-order valence-electron chi connectivity index (χ0n) is 18.1. The summed E-state index contributed by atoms with van der Waals surface area (Å²) in [6.07, 6.45) is 2.85. The fourth-order valence-corrected chi connectivity index (χ4v) is 3.75. The van der Waals surface area contributed by atoms with Gasteiger partial charge >= 0.3 is 0 Å². The van der Waals surface area contributed by atoms with E-state index in [0.29, 0.717) is 13.0 Å². The topological polar surface area (TPSA) is 46.4 Å². The van der Waals surface area contributed by atoms with Crippen LogP contribution in [0.4, 0.5) is 4.39 Å². The number of nitrogens with zero attached hydrogens (tertiary/aromatic N) is 2. The van der Waals surface area contributed by atoms with E-state index in [0.717, 1.165) is 33.7 Å². The van der Waals surface area contributed by atoms with E-state index in [1.54, 1.807) is 12.1 Å². The summed E-state index contributed by atoms with van der Waals surface area (Å²) in [6, 6.07) is 16.6. The molecule has 0 aliphatic rings. The van der Waals surface area contributed by atoms with Crippen molar-refractivity contribution in [3.63, 3.8) is 0 Å². The fraction of sp³-hybridized carbons (Fsp3) is 0.231. The number of halogens is 1. The first-order valence-electron chi connectivity index (χ1n) is 10.5. The molecular formula is C26H26FN3O. The molecule has 0 fully saturated rings. The number of carbonyl (C=O) groups is 1. The SMILES string of the molecule is Cc1ccc(-c2nc3c(C)cccn3c2CC(=O)NCCc2ccc(F)cc2)cc1C. The third-order valence-electron chi connectivity index (χ3n) is 5.70. The highest BCUT2D eigenvalue weighted by atomic mass is 19.1. The van der Waals surface area contributed by atoms with E-state index in [1.165, 1.54) is 23.3 Å². The number of hydrogen-bond acceptors (Lipinski definition) is 2. The van der Waals surface area contributed by atoms with Gasteiger partial charge in [0.25, 0.3) is 0 Å². The molecule has 2 aromatic carbocycles. The Kier molecular flexibility index (Phi) is 5.85. The van der Waals surface area contributed by atoms with Crippen LogP contribution >= 0.6 is 0 Å². The number of fused-ring (bicyclic) bond motifs is 1. The molecule has 31 heavy (non-hydrogen) atoms. The van der Waals surface area contributed by atoms with Crippen molar-refractivity contribution < 1.29 is 9.18 Å². The van der Waals surface area contributed by atoms with Crippen molar-refractivity contribution in [1.82, 2.24) is 14.7 Å². The molecule has 158 valence electrons. The lowest BCUT2D eigenvalue weighted by Gasteiger charge is -2.09. The Balaban J connectivity index is 1.58. The zero-order chi connectivity index (χ0) is 22.0. The highest BCUT2D eigenvalue weighted by molar-refractivity contribution is 5.82. The lowest BCUT2D eigenvalue weighted by Crippen LogP contribution is -2.27. The molecule has 0 radical (unpaired) electrons. The summed E-state index contributed by atoms with van der Waals surface area (Å²) in [4.78, 5) is 17.7. The molecule has 4 nitrogen and oxygen atoms in total. The minimum absolute atomic E-state index is 0.0597. The molecule has 2 heterocycles. The fourth-order valence-electron chi connectivity index (χ4n) is 3.75. The molecule has 0 atom stereocenters. The van der Waals surface area contributed by atoms with E-state index in [-0.39, 0.29) is 18.1 Å². The van der Waals surface area contributed by atoms with Gasteiger partial charge < -0.3 is 9.72 Å². The van der Waals surface area contributed by atoms with Gasteiger partial charge in [-0.05, 0) is 73.7 Å². The van der Waals surface area contributed by atoms with Gasteiger partial charge in [0.1, 0.15) is 11.5 Å². The Morgan fingerprint density at radius 1 is 1.00 bits per heavy atom. The predicted octanol–water partition coefficient (Wildman–Crippen LogP) is 4.97. The van der Waals surface area contributed by atoms with Gasteiger partial charge in [-0.15, -0.1) is 0 Å². The van der Waals surface area contributed by atoms with E-state index in [2.05, 4.69) is 37.4 Å². The molecule has 1 N–H and O–H groups in total. The molecular weight excluding hydrogens is 389 g/mol. The van der Waals surface area contributed by atoms with Gasteiger partial charge in [-0.1, -0.05) is 30.3 Å². The van der Waals surface area contributed by atoms with Crippen LogP contribution in [0.25, 0.3) is 16.9 Å². The molecule has 2 aromatic heterocycles. The molecule has 0 saturated carbocycles. The first-order chi connectivity index (χ1) is 14.9. The molecule has 1 amide bonds. The summed E-state index contributed by atoms with van der Waals surface area (Å²) >= 11 is 0. The van der Waals surface area contributed by atoms with Crippen LogP contribution in [0.15, 0.2) is 60.8 Å². The van der Waals surface area contributed by atoms with Crippen molar-refractivity contribution in [2.24, 2.45) is 0 Å². The second kappa shape index (κ2) is 8.72. The quantitative estimate of drug-likeness (QED) is 0.483. The zero-order valence-corrected chi connectivity index (χ0v) is 18.1. The lowest BCUT2D eigenvalue weighted by atomic mass is 10.0. The standard InChI is InChI=1S/C26H26FN3O/c1-17-6-9-21(15-19(17)3)25-23(30-14-4-5-18(2)26(30)29-25)16-24(31)28-13-12-20-7-10-22(27)11-8-20/h4-11,14-15H,12-13,16H2,1-3H3,(H,28,31). The summed E-state index contributed by atoms with van der Waals surface area (Å²) in [6.45, 7) is 6.70. The molecule has 0 aliphatic heterocycles. The number of imidazole rings is 1. The molecule has 0 saturated heterocycles. The summed E-state index contributed by atoms with van der Waals surface area (Å²) < 4.78 is 15.1. The molecule has 4 aromatic rings. The maximum absolute atomic E-state index is 13.1. The van der Waals surface area contributed by atoms with Gasteiger partial charge in [0.05, 0.1) is 17.8 Å². The molecule has 0 spiro atoms. The van der Waals surface area contributed by atoms with Crippen LogP contribution in [0.1, 0.15) is 27.9 Å². The van der Waals surface area contributed by atoms with Crippen LogP contribution < -0.4 is 5.32 Å². The van der Waals surface area contributed by atoms with E-state index >= 15 is 0 Å². The van der Waals surface area contributed by atoms with Gasteiger partial charge in [0.15, 0.2) is 0 Å². The average Bonchev–Trinajstić information content (AvgIpc) is 3.11. The van der Waals surface area contributed by atoms with Crippen LogP contribution in [-0.2, 0) is 17.6 Å². The van der Waals surface area contributed by atoms with Crippen molar-refractivity contribution in [1.29, 1.82) is 0 Å². The van der Waals surface area contributed by atoms with E-state index in [9.17, 15) is 9.18 Å². The van der Waals surface area contributed by atoms with Crippen LogP contribution in [0.3, 0.4) is 0 Å². The Morgan fingerprint density at radius 2 is 1.77 bits per heavy atom. The van der Waals surface area contributed by atoms with Crippen LogP contribution in [0.2, 0.25) is 0 Å². The van der Waals surface area contributed by atoms with Gasteiger partial charge in [-0.25, -0.2) is 9.37 Å². The lowest BCUT2D eigenvalue weighted by molar-refractivity contribution is -0.120. The van der Waals surface area contributed by atoms with Crippen molar-refractivity contribution >= 4 is 11.6 Å². The number of benzene rings is 2. The number of pyridine rings is 1. The molecule has 5 heteroatoms. The van der Waals surface area contributed by atoms with Crippen molar-refractivity contribution in [2.75, 3.05) is 6.54 Å². The Morgan fingerprint density at radius 3 is 2.52 bits per heavy atom. The Bertz CT molecular complexity index is 1240. The highest BCUT2D eigenvalue weighted by Gasteiger charge is 2.18. The number of carbonyl (C=O) groups excluding carboxylic acids is 1.